The molecule has 0 radical (unpaired) electrons. The summed E-state index contributed by atoms with van der Waals surface area (Å²) in [4.78, 5) is 29.3. The third kappa shape index (κ3) is 4.23. The summed E-state index contributed by atoms with van der Waals surface area (Å²) in [5.74, 6) is 0.481. The largest absolute Gasteiger partial charge is 0.497 e. The van der Waals surface area contributed by atoms with Crippen LogP contribution in [0.1, 0.15) is 13.8 Å². The summed E-state index contributed by atoms with van der Waals surface area (Å²) in [6.07, 6.45) is 0. The van der Waals surface area contributed by atoms with Gasteiger partial charge in [-0.1, -0.05) is 0 Å². The zero-order chi connectivity index (χ0) is 22.1. The molecule has 0 spiro atoms. The van der Waals surface area contributed by atoms with Crippen LogP contribution in [-0.4, -0.2) is 99.0 Å². The Morgan fingerprint density at radius 3 is 2.23 bits per heavy atom. The number of methoxy groups -OCH3 is 2. The average Bonchev–Trinajstić information content (AvgIpc) is 3.00. The fraction of sp³-hybridized carbons (Fsp3) is 0.579. The average molecular weight is 441 g/mol. The van der Waals surface area contributed by atoms with Crippen LogP contribution in [0.4, 0.5) is 4.79 Å². The van der Waals surface area contributed by atoms with Gasteiger partial charge in [0.15, 0.2) is 0 Å². The van der Waals surface area contributed by atoms with Crippen LogP contribution in [-0.2, 0) is 14.8 Å². The third-order valence-corrected chi connectivity index (χ3v) is 7.20. The van der Waals surface area contributed by atoms with Crippen molar-refractivity contribution in [3.63, 3.8) is 0 Å². The summed E-state index contributed by atoms with van der Waals surface area (Å²) in [5.41, 5.74) is 0. The highest BCUT2D eigenvalue weighted by molar-refractivity contribution is 7.89. The van der Waals surface area contributed by atoms with Gasteiger partial charge in [0.1, 0.15) is 22.9 Å². The number of carbonyl (C=O) groups excluding carboxylic acids is 2. The van der Waals surface area contributed by atoms with Crippen LogP contribution in [0.25, 0.3) is 0 Å². The van der Waals surface area contributed by atoms with Gasteiger partial charge in [-0.2, -0.15) is 4.31 Å². The summed E-state index contributed by atoms with van der Waals surface area (Å²) >= 11 is 0. The van der Waals surface area contributed by atoms with Crippen molar-refractivity contribution in [2.45, 2.75) is 24.8 Å². The molecule has 2 heterocycles. The van der Waals surface area contributed by atoms with E-state index in [2.05, 4.69) is 0 Å². The van der Waals surface area contributed by atoms with E-state index in [1.165, 1.54) is 34.4 Å². The van der Waals surface area contributed by atoms with Crippen LogP contribution in [0.2, 0.25) is 0 Å². The Balaban J connectivity index is 1.66. The van der Waals surface area contributed by atoms with E-state index in [4.69, 9.17) is 9.47 Å². The maximum absolute atomic E-state index is 13.2. The lowest BCUT2D eigenvalue weighted by molar-refractivity contribution is -0.126. The normalized spacial score (nSPS) is 19.1. The van der Waals surface area contributed by atoms with E-state index < -0.39 is 10.0 Å². The highest BCUT2D eigenvalue weighted by Crippen LogP contribution is 2.31. The zero-order valence-corrected chi connectivity index (χ0v) is 18.5. The number of imide groups is 1. The van der Waals surface area contributed by atoms with Crippen molar-refractivity contribution in [3.05, 3.63) is 18.2 Å². The fourth-order valence-electron chi connectivity index (χ4n) is 3.66. The third-order valence-electron chi connectivity index (χ3n) is 5.28. The van der Waals surface area contributed by atoms with E-state index in [0.29, 0.717) is 25.5 Å². The molecule has 30 heavy (non-hydrogen) atoms. The van der Waals surface area contributed by atoms with Crippen molar-refractivity contribution in [2.75, 3.05) is 53.6 Å². The van der Waals surface area contributed by atoms with Crippen LogP contribution in [0, 0.1) is 0 Å². The maximum atomic E-state index is 13.2. The van der Waals surface area contributed by atoms with Gasteiger partial charge in [0, 0.05) is 38.3 Å². The summed E-state index contributed by atoms with van der Waals surface area (Å²) in [6, 6.07) is 4.18. The first-order valence-electron chi connectivity index (χ1n) is 9.74. The SMILES string of the molecule is COc1ccc(OC)c(S(=O)(=O)N2CCN(CN3CC(=O)N(C(C)C)C3=O)CC2)c1. The van der Waals surface area contributed by atoms with Crippen molar-refractivity contribution in [1.29, 1.82) is 0 Å². The molecule has 166 valence electrons. The lowest BCUT2D eigenvalue weighted by atomic mass is 10.3. The predicted octanol–water partition coefficient (Wildman–Crippen LogP) is 0.640. The molecule has 2 aliphatic heterocycles. The minimum Gasteiger partial charge on any atom is -0.497 e. The number of rotatable bonds is 7. The number of carbonyl (C=O) groups is 2. The second-order valence-corrected chi connectivity index (χ2v) is 9.42. The fourth-order valence-corrected chi connectivity index (χ4v) is 5.26. The van der Waals surface area contributed by atoms with Gasteiger partial charge in [0.2, 0.25) is 10.0 Å². The molecule has 3 rings (SSSR count). The smallest absolute Gasteiger partial charge is 0.328 e. The molecule has 3 amide bonds. The first-order valence-corrected chi connectivity index (χ1v) is 11.2. The number of ether oxygens (including phenoxy) is 2. The van der Waals surface area contributed by atoms with Gasteiger partial charge in [0.25, 0.3) is 5.91 Å². The molecular formula is C19H28N4O6S. The van der Waals surface area contributed by atoms with Crippen LogP contribution in [0.15, 0.2) is 23.1 Å². The Hall–Kier alpha value is -2.37. The molecule has 2 aliphatic rings. The maximum Gasteiger partial charge on any atom is 0.328 e. The number of nitrogens with zero attached hydrogens (tertiary/aromatic N) is 4. The molecule has 0 unspecified atom stereocenters. The minimum atomic E-state index is -3.77. The number of piperazine rings is 1. The molecule has 1 aromatic carbocycles. The van der Waals surface area contributed by atoms with Crippen LogP contribution >= 0.6 is 0 Å². The van der Waals surface area contributed by atoms with Gasteiger partial charge in [-0.15, -0.1) is 0 Å². The predicted molar refractivity (Wildman–Crippen MR) is 109 cm³/mol. The number of urea groups is 1. The van der Waals surface area contributed by atoms with E-state index >= 15 is 0 Å². The first-order chi connectivity index (χ1) is 14.2. The number of amides is 3. The Bertz CT molecular complexity index is 912. The van der Waals surface area contributed by atoms with Gasteiger partial charge in [-0.05, 0) is 26.0 Å². The van der Waals surface area contributed by atoms with Crippen molar-refractivity contribution in [3.8, 4) is 11.5 Å². The molecule has 2 fully saturated rings. The number of hydrogen-bond acceptors (Lipinski definition) is 7. The van der Waals surface area contributed by atoms with Gasteiger partial charge >= 0.3 is 6.03 Å². The second kappa shape index (κ2) is 8.78. The highest BCUT2D eigenvalue weighted by atomic mass is 32.2. The topological polar surface area (TPSA) is 99.7 Å². The van der Waals surface area contributed by atoms with Crippen molar-refractivity contribution in [2.24, 2.45) is 0 Å². The van der Waals surface area contributed by atoms with E-state index in [-0.39, 0.29) is 48.3 Å². The van der Waals surface area contributed by atoms with Crippen LogP contribution in [0.5, 0.6) is 11.5 Å². The standard InChI is InChI=1S/C19H28N4O6S/c1-14(2)23-18(24)12-21(19(23)25)13-20-7-9-22(10-8-20)30(26,27)17-11-15(28-3)5-6-16(17)29-4/h5-6,11,14H,7-10,12-13H2,1-4H3. The molecule has 1 aromatic rings. The Labute approximate surface area is 177 Å². The second-order valence-electron chi connectivity index (χ2n) is 7.52. The molecule has 0 N–H and O–H groups in total. The molecule has 0 aliphatic carbocycles. The summed E-state index contributed by atoms with van der Waals surface area (Å²) in [5, 5.41) is 0. The van der Waals surface area contributed by atoms with Gasteiger partial charge in [-0.3, -0.25) is 14.6 Å². The van der Waals surface area contributed by atoms with E-state index in [0.717, 1.165) is 0 Å². The molecule has 10 nitrogen and oxygen atoms in total. The lowest BCUT2D eigenvalue weighted by Gasteiger charge is -2.35. The van der Waals surface area contributed by atoms with Gasteiger partial charge in [-0.25, -0.2) is 13.2 Å². The summed E-state index contributed by atoms with van der Waals surface area (Å²) < 4.78 is 38.1. The highest BCUT2D eigenvalue weighted by Gasteiger charge is 2.39. The van der Waals surface area contributed by atoms with Gasteiger partial charge < -0.3 is 14.4 Å². The summed E-state index contributed by atoms with van der Waals surface area (Å²) in [7, 11) is -0.871. The van der Waals surface area contributed by atoms with E-state index in [9.17, 15) is 18.0 Å². The van der Waals surface area contributed by atoms with E-state index in [1.807, 2.05) is 4.90 Å². The van der Waals surface area contributed by atoms with Crippen molar-refractivity contribution in [1.82, 2.24) is 19.0 Å². The van der Waals surface area contributed by atoms with Crippen LogP contribution < -0.4 is 9.47 Å². The Morgan fingerprint density at radius 2 is 1.70 bits per heavy atom. The lowest BCUT2D eigenvalue weighted by Crippen LogP contribution is -2.52. The zero-order valence-electron chi connectivity index (χ0n) is 17.7. The Kier molecular flexibility index (Phi) is 6.53. The molecule has 0 atom stereocenters. The molecule has 2 saturated heterocycles. The first kappa shape index (κ1) is 22.3. The van der Waals surface area contributed by atoms with Crippen molar-refractivity contribution < 1.29 is 27.5 Å². The molecular weight excluding hydrogens is 412 g/mol. The van der Waals surface area contributed by atoms with E-state index in [1.54, 1.807) is 26.0 Å². The Morgan fingerprint density at radius 1 is 1.03 bits per heavy atom. The van der Waals surface area contributed by atoms with Crippen molar-refractivity contribution >= 4 is 22.0 Å². The number of hydrogen-bond donors (Lipinski definition) is 0. The monoisotopic (exact) mass is 440 g/mol. The molecule has 0 bridgehead atoms. The summed E-state index contributed by atoms with van der Waals surface area (Å²) in [6.45, 7) is 5.39. The number of sulfonamides is 1. The molecule has 0 saturated carbocycles. The molecule has 0 aromatic heterocycles. The minimum absolute atomic E-state index is 0.0521. The van der Waals surface area contributed by atoms with Gasteiger partial charge in [0.05, 0.1) is 20.9 Å². The molecule has 11 heteroatoms. The quantitative estimate of drug-likeness (QED) is 0.574. The number of benzene rings is 1. The van der Waals surface area contributed by atoms with Crippen LogP contribution in [0.3, 0.4) is 0 Å².